The Kier molecular flexibility index (Phi) is 4.35. The molecule has 0 fully saturated rings. The van der Waals surface area contributed by atoms with Gasteiger partial charge < -0.3 is 10.1 Å². The monoisotopic (exact) mass is 299 g/mol. The third kappa shape index (κ3) is 4.37. The first kappa shape index (κ1) is 15.2. The van der Waals surface area contributed by atoms with E-state index < -0.39 is 12.2 Å². The zero-order valence-corrected chi connectivity index (χ0v) is 11.2. The van der Waals surface area contributed by atoms with Crippen molar-refractivity contribution in [3.05, 3.63) is 59.4 Å². The summed E-state index contributed by atoms with van der Waals surface area (Å²) in [6.45, 7) is 1.87. The second kappa shape index (κ2) is 6.03. The smallest absolute Gasteiger partial charge is 0.404 e. The van der Waals surface area contributed by atoms with Crippen molar-refractivity contribution in [2.24, 2.45) is 0 Å². The number of hydrogen-bond acceptors (Lipinski definition) is 2. The minimum Gasteiger partial charge on any atom is -0.404 e. The van der Waals surface area contributed by atoms with Crippen LogP contribution >= 0.6 is 0 Å². The second-order valence-electron chi connectivity index (χ2n) is 4.49. The van der Waals surface area contributed by atoms with E-state index >= 15 is 0 Å². The number of ether oxygens (including phenoxy) is 1. The van der Waals surface area contributed by atoms with Gasteiger partial charge in [-0.3, -0.25) is 0 Å². The van der Waals surface area contributed by atoms with Crippen LogP contribution in [-0.2, 0) is 6.54 Å². The van der Waals surface area contributed by atoms with Crippen LogP contribution in [0.3, 0.4) is 0 Å². The van der Waals surface area contributed by atoms with Crippen LogP contribution in [0.5, 0.6) is 5.75 Å². The number of benzene rings is 2. The van der Waals surface area contributed by atoms with Gasteiger partial charge in [0.2, 0.25) is 0 Å². The summed E-state index contributed by atoms with van der Waals surface area (Å²) in [4.78, 5) is 0. The number of aryl methyl sites for hydroxylation is 1. The topological polar surface area (TPSA) is 21.3 Å². The minimum absolute atomic E-state index is 0.0613. The highest BCUT2D eigenvalue weighted by molar-refractivity contribution is 5.56. The van der Waals surface area contributed by atoms with Gasteiger partial charge in [-0.1, -0.05) is 29.8 Å². The Morgan fingerprint density at radius 1 is 1.10 bits per heavy atom. The molecule has 2 aromatic rings. The van der Waals surface area contributed by atoms with Crippen molar-refractivity contribution in [1.82, 2.24) is 0 Å². The standard InChI is InChI=1S/C15H13F4NO/c1-10-6-7-12(16)11(8-10)9-20-13-4-2-3-5-14(13)21-15(17,18)19/h2-8,20H,9H2,1H3. The zero-order chi connectivity index (χ0) is 15.5. The van der Waals surface area contributed by atoms with Gasteiger partial charge in [0.1, 0.15) is 5.82 Å². The number of nitrogens with one attached hydrogen (secondary N) is 1. The van der Waals surface area contributed by atoms with E-state index in [1.54, 1.807) is 18.2 Å². The van der Waals surface area contributed by atoms with E-state index in [1.807, 2.05) is 6.92 Å². The fourth-order valence-corrected chi connectivity index (χ4v) is 1.86. The van der Waals surface area contributed by atoms with Crippen molar-refractivity contribution in [2.75, 3.05) is 5.32 Å². The van der Waals surface area contributed by atoms with E-state index in [0.29, 0.717) is 5.56 Å². The molecule has 21 heavy (non-hydrogen) atoms. The highest BCUT2D eigenvalue weighted by Gasteiger charge is 2.32. The summed E-state index contributed by atoms with van der Waals surface area (Å²) in [6, 6.07) is 10.2. The molecule has 0 bridgehead atoms. The van der Waals surface area contributed by atoms with E-state index in [1.165, 1.54) is 24.3 Å². The highest BCUT2D eigenvalue weighted by atomic mass is 19.4. The van der Waals surface area contributed by atoms with Gasteiger partial charge in [0.15, 0.2) is 5.75 Å². The van der Waals surface area contributed by atoms with Crippen molar-refractivity contribution in [3.63, 3.8) is 0 Å². The molecule has 0 unspecified atom stereocenters. The predicted molar refractivity (Wildman–Crippen MR) is 71.6 cm³/mol. The minimum atomic E-state index is -4.77. The molecule has 0 spiro atoms. The first-order valence-electron chi connectivity index (χ1n) is 6.19. The lowest BCUT2D eigenvalue weighted by Gasteiger charge is -2.15. The molecule has 0 radical (unpaired) electrons. The predicted octanol–water partition coefficient (Wildman–Crippen LogP) is 4.64. The Morgan fingerprint density at radius 2 is 1.81 bits per heavy atom. The van der Waals surface area contributed by atoms with Crippen LogP contribution in [-0.4, -0.2) is 6.36 Å². The summed E-state index contributed by atoms with van der Waals surface area (Å²) in [7, 11) is 0. The number of halogens is 4. The van der Waals surface area contributed by atoms with Crippen LogP contribution in [0.25, 0.3) is 0 Å². The third-order valence-electron chi connectivity index (χ3n) is 2.78. The summed E-state index contributed by atoms with van der Waals surface area (Å²) in [5.41, 5.74) is 1.39. The van der Waals surface area contributed by atoms with Crippen molar-refractivity contribution in [2.45, 2.75) is 19.8 Å². The maximum Gasteiger partial charge on any atom is 0.573 e. The molecule has 0 saturated carbocycles. The molecule has 0 aliphatic heterocycles. The molecule has 6 heteroatoms. The average Bonchev–Trinajstić information content (AvgIpc) is 2.39. The molecule has 0 amide bonds. The molecule has 0 saturated heterocycles. The molecular formula is C15H13F4NO. The van der Waals surface area contributed by atoms with E-state index in [9.17, 15) is 17.6 Å². The van der Waals surface area contributed by atoms with Gasteiger partial charge in [0.25, 0.3) is 0 Å². The molecule has 112 valence electrons. The fourth-order valence-electron chi connectivity index (χ4n) is 1.86. The molecule has 0 atom stereocenters. The summed E-state index contributed by atoms with van der Waals surface area (Å²) >= 11 is 0. The summed E-state index contributed by atoms with van der Waals surface area (Å²) in [6.07, 6.45) is -4.77. The van der Waals surface area contributed by atoms with Crippen molar-refractivity contribution in [3.8, 4) is 5.75 Å². The van der Waals surface area contributed by atoms with Gasteiger partial charge in [-0.05, 0) is 25.1 Å². The molecule has 2 aromatic carbocycles. The Bertz CT molecular complexity index is 625. The quantitative estimate of drug-likeness (QED) is 0.830. The Balaban J connectivity index is 2.15. The number of alkyl halides is 3. The third-order valence-corrected chi connectivity index (χ3v) is 2.78. The SMILES string of the molecule is Cc1ccc(F)c(CNc2ccccc2OC(F)(F)F)c1. The van der Waals surface area contributed by atoms with Crippen LogP contribution < -0.4 is 10.1 Å². The van der Waals surface area contributed by atoms with Gasteiger partial charge in [0, 0.05) is 12.1 Å². The highest BCUT2D eigenvalue weighted by Crippen LogP contribution is 2.30. The fraction of sp³-hybridized carbons (Fsp3) is 0.200. The number of rotatable bonds is 4. The normalized spacial score (nSPS) is 11.3. The maximum atomic E-state index is 13.6. The van der Waals surface area contributed by atoms with Gasteiger partial charge >= 0.3 is 6.36 Å². The van der Waals surface area contributed by atoms with Crippen LogP contribution in [0, 0.1) is 12.7 Å². The van der Waals surface area contributed by atoms with E-state index in [2.05, 4.69) is 10.1 Å². The lowest BCUT2D eigenvalue weighted by Crippen LogP contribution is -2.18. The van der Waals surface area contributed by atoms with Crippen LogP contribution in [0.1, 0.15) is 11.1 Å². The van der Waals surface area contributed by atoms with Crippen molar-refractivity contribution < 1.29 is 22.3 Å². The molecule has 0 heterocycles. The van der Waals surface area contributed by atoms with Gasteiger partial charge in [-0.15, -0.1) is 13.2 Å². The number of anilines is 1. The van der Waals surface area contributed by atoms with Crippen LogP contribution in [0.15, 0.2) is 42.5 Å². The summed E-state index contributed by atoms with van der Waals surface area (Å²) < 4.78 is 54.4. The molecule has 2 rings (SSSR count). The van der Waals surface area contributed by atoms with Crippen LogP contribution in [0.2, 0.25) is 0 Å². The lowest BCUT2D eigenvalue weighted by molar-refractivity contribution is -0.274. The average molecular weight is 299 g/mol. The molecule has 1 N–H and O–H groups in total. The number of para-hydroxylation sites is 2. The Hall–Kier alpha value is -2.24. The van der Waals surface area contributed by atoms with E-state index in [4.69, 9.17) is 0 Å². The van der Waals surface area contributed by atoms with Gasteiger partial charge in [0.05, 0.1) is 5.69 Å². The van der Waals surface area contributed by atoms with Crippen molar-refractivity contribution in [1.29, 1.82) is 0 Å². The molecule has 0 aromatic heterocycles. The number of hydrogen-bond donors (Lipinski definition) is 1. The lowest BCUT2D eigenvalue weighted by atomic mass is 10.1. The molecular weight excluding hydrogens is 286 g/mol. The zero-order valence-electron chi connectivity index (χ0n) is 11.2. The van der Waals surface area contributed by atoms with Crippen molar-refractivity contribution >= 4 is 5.69 Å². The molecule has 0 aliphatic rings. The van der Waals surface area contributed by atoms with E-state index in [-0.39, 0.29) is 18.0 Å². The maximum absolute atomic E-state index is 13.6. The van der Waals surface area contributed by atoms with Crippen LogP contribution in [0.4, 0.5) is 23.2 Å². The van der Waals surface area contributed by atoms with E-state index in [0.717, 1.165) is 5.56 Å². The summed E-state index contributed by atoms with van der Waals surface area (Å²) in [5, 5.41) is 2.76. The molecule has 2 nitrogen and oxygen atoms in total. The van der Waals surface area contributed by atoms with Gasteiger partial charge in [-0.25, -0.2) is 4.39 Å². The Morgan fingerprint density at radius 3 is 2.52 bits per heavy atom. The van der Waals surface area contributed by atoms with Gasteiger partial charge in [-0.2, -0.15) is 0 Å². The first-order valence-corrected chi connectivity index (χ1v) is 6.19. The first-order chi connectivity index (χ1) is 9.85. The molecule has 0 aliphatic carbocycles. The summed E-state index contributed by atoms with van der Waals surface area (Å²) in [5.74, 6) is -0.764. The largest absolute Gasteiger partial charge is 0.573 e. The Labute approximate surface area is 119 Å². The second-order valence-corrected chi connectivity index (χ2v) is 4.49.